The lowest BCUT2D eigenvalue weighted by Gasteiger charge is -2.37. The van der Waals surface area contributed by atoms with Gasteiger partial charge in [0.15, 0.2) is 5.82 Å². The smallest absolute Gasteiger partial charge is 0.270 e. The second kappa shape index (κ2) is 8.43. The number of nitrogens with zero attached hydrogens (tertiary/aromatic N) is 5. The number of hydrogen-bond acceptors (Lipinski definition) is 6. The lowest BCUT2D eigenvalue weighted by atomic mass is 10.0. The van der Waals surface area contributed by atoms with E-state index in [2.05, 4.69) is 28.8 Å². The third-order valence-electron chi connectivity index (χ3n) is 5.16. The molecule has 0 bridgehead atoms. The summed E-state index contributed by atoms with van der Waals surface area (Å²) in [5.41, 5.74) is 1.58. The van der Waals surface area contributed by atoms with E-state index < -0.39 is 4.92 Å². The van der Waals surface area contributed by atoms with Gasteiger partial charge in [-0.05, 0) is 32.7 Å². The van der Waals surface area contributed by atoms with E-state index in [1.54, 1.807) is 6.07 Å². The van der Waals surface area contributed by atoms with Crippen LogP contribution in [0.4, 0.5) is 11.5 Å². The van der Waals surface area contributed by atoms with Crippen LogP contribution in [-0.2, 0) is 0 Å². The normalized spacial score (nSPS) is 15.7. The number of non-ortho nitro benzene ring substituents is 1. The second-order valence-corrected chi connectivity index (χ2v) is 7.18. The molecule has 2 heterocycles. The summed E-state index contributed by atoms with van der Waals surface area (Å²) in [4.78, 5) is 24.6. The van der Waals surface area contributed by atoms with Crippen molar-refractivity contribution in [3.05, 3.63) is 46.1 Å². The van der Waals surface area contributed by atoms with Gasteiger partial charge in [0.2, 0.25) is 0 Å². The maximum atomic E-state index is 11.1. The zero-order valence-corrected chi connectivity index (χ0v) is 16.3. The van der Waals surface area contributed by atoms with Crippen molar-refractivity contribution in [1.29, 1.82) is 0 Å². The topological polar surface area (TPSA) is 75.4 Å². The minimum absolute atomic E-state index is 0.0517. The number of aromatic nitrogens is 2. The van der Waals surface area contributed by atoms with Crippen molar-refractivity contribution in [3.8, 4) is 11.4 Å². The van der Waals surface area contributed by atoms with Crippen molar-refractivity contribution in [3.63, 3.8) is 0 Å². The molecule has 1 saturated heterocycles. The van der Waals surface area contributed by atoms with Gasteiger partial charge < -0.3 is 9.80 Å². The number of nitro benzene ring substituents is 1. The highest BCUT2D eigenvalue weighted by molar-refractivity contribution is 5.61. The average molecular weight is 369 g/mol. The Bertz CT molecular complexity index is 803. The van der Waals surface area contributed by atoms with Crippen LogP contribution in [0.2, 0.25) is 0 Å². The Morgan fingerprint density at radius 3 is 2.67 bits per heavy atom. The summed E-state index contributed by atoms with van der Waals surface area (Å²) in [7, 11) is 2.08. The summed E-state index contributed by atoms with van der Waals surface area (Å²) >= 11 is 0. The first-order chi connectivity index (χ1) is 13.0. The fraction of sp³-hybridized carbons (Fsp3) is 0.500. The predicted octanol–water partition coefficient (Wildman–Crippen LogP) is 3.67. The third kappa shape index (κ3) is 4.60. The van der Waals surface area contributed by atoms with E-state index in [0.29, 0.717) is 17.4 Å². The highest BCUT2D eigenvalue weighted by Gasteiger charge is 2.23. The number of nitro groups is 1. The first-order valence-electron chi connectivity index (χ1n) is 9.53. The van der Waals surface area contributed by atoms with Crippen LogP contribution in [0.25, 0.3) is 11.4 Å². The first kappa shape index (κ1) is 19.2. The van der Waals surface area contributed by atoms with Crippen LogP contribution in [-0.4, -0.2) is 52.5 Å². The summed E-state index contributed by atoms with van der Waals surface area (Å²) in [6, 6.07) is 8.93. The molecule has 7 heteroatoms. The number of benzene rings is 1. The highest BCUT2D eigenvalue weighted by Crippen LogP contribution is 2.26. The van der Waals surface area contributed by atoms with Crippen LogP contribution in [0.1, 0.15) is 31.9 Å². The quantitative estimate of drug-likeness (QED) is 0.571. The number of aryl methyl sites for hydroxylation is 1. The molecule has 27 heavy (non-hydrogen) atoms. The van der Waals surface area contributed by atoms with Crippen LogP contribution in [0.3, 0.4) is 0 Å². The first-order valence-corrected chi connectivity index (χ1v) is 9.53. The SMILES string of the molecule is CCCN1CCC(N(C)c2cc(C)nc(-c3cccc([N+](=O)[O-])c3)n2)CC1. The molecule has 0 amide bonds. The van der Waals surface area contributed by atoms with Gasteiger partial charge in [-0.2, -0.15) is 0 Å². The fourth-order valence-electron chi connectivity index (χ4n) is 3.65. The van der Waals surface area contributed by atoms with Crippen molar-refractivity contribution in [2.75, 3.05) is 31.6 Å². The highest BCUT2D eigenvalue weighted by atomic mass is 16.6. The van der Waals surface area contributed by atoms with Gasteiger partial charge in [-0.25, -0.2) is 9.97 Å². The van der Waals surface area contributed by atoms with E-state index in [1.165, 1.54) is 25.1 Å². The summed E-state index contributed by atoms with van der Waals surface area (Å²) in [6.07, 6.45) is 3.43. The fourth-order valence-corrected chi connectivity index (χ4v) is 3.65. The van der Waals surface area contributed by atoms with Crippen molar-refractivity contribution in [2.24, 2.45) is 0 Å². The molecule has 0 aliphatic carbocycles. The van der Waals surface area contributed by atoms with Crippen molar-refractivity contribution in [1.82, 2.24) is 14.9 Å². The molecule has 0 atom stereocenters. The standard InChI is InChI=1S/C20H27N5O2/c1-4-10-24-11-8-17(9-12-24)23(3)19-13-15(2)21-20(22-19)16-6-5-7-18(14-16)25(26)27/h5-7,13-14,17H,4,8-12H2,1-3H3. The van der Waals surface area contributed by atoms with Crippen LogP contribution in [0.15, 0.2) is 30.3 Å². The molecule has 0 unspecified atom stereocenters. The molecule has 1 fully saturated rings. The van der Waals surface area contributed by atoms with Crippen LogP contribution >= 0.6 is 0 Å². The molecule has 1 aromatic heterocycles. The maximum Gasteiger partial charge on any atom is 0.270 e. The summed E-state index contributed by atoms with van der Waals surface area (Å²) in [5, 5.41) is 11.1. The lowest BCUT2D eigenvalue weighted by molar-refractivity contribution is -0.384. The van der Waals surface area contributed by atoms with Gasteiger partial charge in [0.1, 0.15) is 5.82 Å². The van der Waals surface area contributed by atoms with Gasteiger partial charge in [0.25, 0.3) is 5.69 Å². The molecule has 0 radical (unpaired) electrons. The summed E-state index contributed by atoms with van der Waals surface area (Å²) in [5.74, 6) is 1.40. The van der Waals surface area contributed by atoms with Crippen molar-refractivity contribution >= 4 is 11.5 Å². The largest absolute Gasteiger partial charge is 0.356 e. The van der Waals surface area contributed by atoms with Gasteiger partial charge in [0.05, 0.1) is 4.92 Å². The zero-order valence-electron chi connectivity index (χ0n) is 16.3. The molecule has 1 aliphatic rings. The average Bonchev–Trinajstić information content (AvgIpc) is 2.68. The Hall–Kier alpha value is -2.54. The molecule has 0 N–H and O–H groups in total. The Morgan fingerprint density at radius 1 is 1.26 bits per heavy atom. The molecule has 0 saturated carbocycles. The van der Waals surface area contributed by atoms with E-state index in [0.717, 1.165) is 37.4 Å². The Morgan fingerprint density at radius 2 is 2.00 bits per heavy atom. The van der Waals surface area contributed by atoms with Gasteiger partial charge in [0, 0.05) is 55.6 Å². The molecule has 1 aromatic carbocycles. The number of likely N-dealkylation sites (tertiary alicyclic amines) is 1. The van der Waals surface area contributed by atoms with E-state index >= 15 is 0 Å². The molecule has 144 valence electrons. The minimum atomic E-state index is -0.392. The Labute approximate surface area is 160 Å². The maximum absolute atomic E-state index is 11.1. The van der Waals surface area contributed by atoms with Crippen molar-refractivity contribution < 1.29 is 4.92 Å². The molecular formula is C20H27N5O2. The third-order valence-corrected chi connectivity index (χ3v) is 5.16. The molecule has 3 rings (SSSR count). The number of hydrogen-bond donors (Lipinski definition) is 0. The summed E-state index contributed by atoms with van der Waals surface area (Å²) < 4.78 is 0. The van der Waals surface area contributed by atoms with Crippen LogP contribution in [0, 0.1) is 17.0 Å². The van der Waals surface area contributed by atoms with Gasteiger partial charge in [-0.1, -0.05) is 19.1 Å². The van der Waals surface area contributed by atoms with E-state index in [1.807, 2.05) is 19.1 Å². The van der Waals surface area contributed by atoms with E-state index in [-0.39, 0.29) is 5.69 Å². The Balaban J connectivity index is 1.81. The van der Waals surface area contributed by atoms with E-state index in [4.69, 9.17) is 4.98 Å². The van der Waals surface area contributed by atoms with Gasteiger partial charge in [-0.3, -0.25) is 10.1 Å². The number of anilines is 1. The van der Waals surface area contributed by atoms with Gasteiger partial charge in [-0.15, -0.1) is 0 Å². The minimum Gasteiger partial charge on any atom is -0.356 e. The Kier molecular flexibility index (Phi) is 6.01. The lowest BCUT2D eigenvalue weighted by Crippen LogP contribution is -2.44. The monoisotopic (exact) mass is 369 g/mol. The second-order valence-electron chi connectivity index (χ2n) is 7.18. The molecule has 7 nitrogen and oxygen atoms in total. The molecule has 2 aromatic rings. The number of rotatable bonds is 6. The van der Waals surface area contributed by atoms with Crippen molar-refractivity contribution in [2.45, 2.75) is 39.2 Å². The molecule has 0 spiro atoms. The van der Waals surface area contributed by atoms with Crippen LogP contribution < -0.4 is 4.90 Å². The summed E-state index contributed by atoms with van der Waals surface area (Å²) in [6.45, 7) is 7.55. The molecular weight excluding hydrogens is 342 g/mol. The number of piperidine rings is 1. The van der Waals surface area contributed by atoms with Gasteiger partial charge >= 0.3 is 0 Å². The predicted molar refractivity (Wildman–Crippen MR) is 107 cm³/mol. The zero-order chi connectivity index (χ0) is 19.4. The van der Waals surface area contributed by atoms with Crippen LogP contribution in [0.5, 0.6) is 0 Å². The van der Waals surface area contributed by atoms with E-state index in [9.17, 15) is 10.1 Å². The molecule has 1 aliphatic heterocycles.